The molecule has 1 rings (SSSR count). The highest BCUT2D eigenvalue weighted by Crippen LogP contribution is 2.39. The van der Waals surface area contributed by atoms with Gasteiger partial charge < -0.3 is 15.9 Å². The topological polar surface area (TPSA) is 83.5 Å². The average Bonchev–Trinajstić information content (AvgIpc) is 2.26. The van der Waals surface area contributed by atoms with Gasteiger partial charge in [-0.15, -0.1) is 0 Å². The van der Waals surface area contributed by atoms with Crippen molar-refractivity contribution >= 4 is 5.97 Å². The number of nitrogens with two attached hydrogens (primary N) is 1. The van der Waals surface area contributed by atoms with Crippen LogP contribution in [0.1, 0.15) is 5.56 Å². The Hall–Kier alpha value is -1.60. The van der Waals surface area contributed by atoms with E-state index in [0.29, 0.717) is 0 Å². The van der Waals surface area contributed by atoms with E-state index in [1.165, 1.54) is 18.2 Å². The molecule has 0 fully saturated rings. The maximum Gasteiger partial charge on any atom is 0.413 e. The summed E-state index contributed by atoms with van der Waals surface area (Å²) in [5.74, 6) is -2.03. The molecule has 1 aromatic carbocycles. The smallest absolute Gasteiger partial charge is 0.413 e. The third-order valence-electron chi connectivity index (χ3n) is 2.39. The molecule has 0 aliphatic heterocycles. The largest absolute Gasteiger partial charge is 0.479 e. The minimum absolute atomic E-state index is 0.512. The number of halogens is 3. The fraction of sp³-hybridized carbons (Fsp3) is 0.300. The number of carbonyl (C=O) groups is 1. The number of benzene rings is 1. The molecular weight excluding hydrogens is 239 g/mol. The van der Waals surface area contributed by atoms with Gasteiger partial charge in [-0.2, -0.15) is 13.2 Å². The first kappa shape index (κ1) is 13.5. The van der Waals surface area contributed by atoms with Gasteiger partial charge in [0, 0.05) is 0 Å². The van der Waals surface area contributed by atoms with Gasteiger partial charge in [0.15, 0.2) is 11.6 Å². The molecule has 17 heavy (non-hydrogen) atoms. The molecule has 1 aromatic rings. The zero-order valence-electron chi connectivity index (χ0n) is 8.48. The van der Waals surface area contributed by atoms with Crippen LogP contribution in [0.4, 0.5) is 13.2 Å². The van der Waals surface area contributed by atoms with Crippen molar-refractivity contribution < 1.29 is 28.2 Å². The van der Waals surface area contributed by atoms with Gasteiger partial charge in [-0.05, 0) is 5.56 Å². The van der Waals surface area contributed by atoms with Gasteiger partial charge in [0.2, 0.25) is 0 Å². The van der Waals surface area contributed by atoms with Crippen LogP contribution in [0.25, 0.3) is 0 Å². The normalized spacial score (nSPS) is 17.2. The van der Waals surface area contributed by atoms with Crippen molar-refractivity contribution in [1.82, 2.24) is 0 Å². The number of hydrogen-bond donors (Lipinski definition) is 3. The van der Waals surface area contributed by atoms with E-state index in [-0.39, 0.29) is 0 Å². The highest BCUT2D eigenvalue weighted by Gasteiger charge is 2.60. The Labute approximate surface area is 94.5 Å². The van der Waals surface area contributed by atoms with Crippen LogP contribution < -0.4 is 5.73 Å². The highest BCUT2D eigenvalue weighted by atomic mass is 19.4. The summed E-state index contributed by atoms with van der Waals surface area (Å²) in [6, 6.07) is 6.03. The van der Waals surface area contributed by atoms with E-state index >= 15 is 0 Å². The van der Waals surface area contributed by atoms with Crippen molar-refractivity contribution in [3.63, 3.8) is 0 Å². The van der Waals surface area contributed by atoms with Crippen molar-refractivity contribution in [2.24, 2.45) is 5.73 Å². The van der Waals surface area contributed by atoms with Crippen molar-refractivity contribution in [3.8, 4) is 0 Å². The molecule has 0 amide bonds. The Morgan fingerprint density at radius 2 is 1.71 bits per heavy atom. The molecule has 4 nitrogen and oxygen atoms in total. The average molecular weight is 249 g/mol. The molecule has 7 heteroatoms. The summed E-state index contributed by atoms with van der Waals surface area (Å²) in [4.78, 5) is 10.5. The molecule has 0 heterocycles. The van der Waals surface area contributed by atoms with E-state index in [2.05, 4.69) is 0 Å². The van der Waals surface area contributed by atoms with Crippen molar-refractivity contribution in [2.75, 3.05) is 0 Å². The van der Waals surface area contributed by atoms with E-state index in [9.17, 15) is 23.1 Å². The fourth-order valence-corrected chi connectivity index (χ4v) is 1.39. The van der Waals surface area contributed by atoms with Crippen LogP contribution in [0.5, 0.6) is 0 Å². The second kappa shape index (κ2) is 4.34. The predicted octanol–water partition coefficient (Wildman–Crippen LogP) is 0.848. The van der Waals surface area contributed by atoms with Crippen LogP contribution in [0.2, 0.25) is 0 Å². The van der Waals surface area contributed by atoms with Crippen LogP contribution in [0.3, 0.4) is 0 Å². The predicted molar refractivity (Wildman–Crippen MR) is 52.0 cm³/mol. The number of carboxylic acid groups (broad SMARTS) is 1. The minimum atomic E-state index is -5.09. The molecule has 2 atom stereocenters. The highest BCUT2D eigenvalue weighted by molar-refractivity contribution is 5.74. The van der Waals surface area contributed by atoms with Gasteiger partial charge in [0.05, 0.1) is 0 Å². The van der Waals surface area contributed by atoms with E-state index in [1.807, 2.05) is 0 Å². The number of alkyl halides is 3. The standard InChI is InChI=1S/C10H10F3NO3/c11-10(12,13)9(14,7(15)8(16)17)6-4-2-1-3-5-6/h1-5,7,15H,14H2,(H,16,17)/t7-,9-/m0/s1. The van der Waals surface area contributed by atoms with Crippen molar-refractivity contribution in [2.45, 2.75) is 17.8 Å². The van der Waals surface area contributed by atoms with Crippen LogP contribution in [-0.2, 0) is 10.3 Å². The number of aliphatic carboxylic acids is 1. The molecule has 0 bridgehead atoms. The first-order valence-corrected chi connectivity index (χ1v) is 4.53. The van der Waals surface area contributed by atoms with Crippen LogP contribution in [0.15, 0.2) is 30.3 Å². The summed E-state index contributed by atoms with van der Waals surface area (Å²) in [6.45, 7) is 0. The Morgan fingerprint density at radius 1 is 1.24 bits per heavy atom. The molecule has 0 aromatic heterocycles. The summed E-state index contributed by atoms with van der Waals surface area (Å²) < 4.78 is 38.6. The molecule has 0 saturated carbocycles. The summed E-state index contributed by atoms with van der Waals surface area (Å²) >= 11 is 0. The van der Waals surface area contributed by atoms with E-state index in [0.717, 1.165) is 12.1 Å². The zero-order chi connectivity index (χ0) is 13.3. The third-order valence-corrected chi connectivity index (χ3v) is 2.39. The van der Waals surface area contributed by atoms with Gasteiger partial charge in [-0.3, -0.25) is 0 Å². The number of hydrogen-bond acceptors (Lipinski definition) is 3. The molecule has 0 radical (unpaired) electrons. The lowest BCUT2D eigenvalue weighted by Crippen LogP contribution is -2.61. The number of aliphatic hydroxyl groups excluding tert-OH is 1. The van der Waals surface area contributed by atoms with Gasteiger partial charge in [0.1, 0.15) is 0 Å². The van der Waals surface area contributed by atoms with Crippen LogP contribution >= 0.6 is 0 Å². The molecule has 94 valence electrons. The zero-order valence-corrected chi connectivity index (χ0v) is 8.48. The van der Waals surface area contributed by atoms with Crippen molar-refractivity contribution in [3.05, 3.63) is 35.9 Å². The third kappa shape index (κ3) is 2.25. The van der Waals surface area contributed by atoms with Crippen LogP contribution in [0, 0.1) is 0 Å². The molecule has 0 saturated heterocycles. The first-order chi connectivity index (χ1) is 7.71. The van der Waals surface area contributed by atoms with Gasteiger partial charge in [0.25, 0.3) is 0 Å². The second-order valence-electron chi connectivity index (χ2n) is 3.47. The van der Waals surface area contributed by atoms with E-state index < -0.39 is 29.4 Å². The molecule has 4 N–H and O–H groups in total. The number of aliphatic hydroxyl groups is 1. The summed E-state index contributed by atoms with van der Waals surface area (Å²) in [5.41, 5.74) is 1.24. The van der Waals surface area contributed by atoms with E-state index in [1.54, 1.807) is 0 Å². The monoisotopic (exact) mass is 249 g/mol. The quantitative estimate of drug-likeness (QED) is 0.741. The second-order valence-corrected chi connectivity index (χ2v) is 3.47. The molecule has 0 spiro atoms. The Morgan fingerprint density at radius 3 is 2.06 bits per heavy atom. The SMILES string of the molecule is N[C@@](c1ccccc1)([C@@H](O)C(=O)O)C(F)(F)F. The lowest BCUT2D eigenvalue weighted by atomic mass is 9.84. The first-order valence-electron chi connectivity index (χ1n) is 4.53. The van der Waals surface area contributed by atoms with Gasteiger partial charge >= 0.3 is 12.1 Å². The summed E-state index contributed by atoms with van der Waals surface area (Å²) in [6.07, 6.45) is -7.86. The fourth-order valence-electron chi connectivity index (χ4n) is 1.39. The molecule has 0 aliphatic carbocycles. The molecule has 0 unspecified atom stereocenters. The maximum absolute atomic E-state index is 12.9. The summed E-state index contributed by atoms with van der Waals surface area (Å²) in [7, 11) is 0. The Kier molecular flexibility index (Phi) is 3.44. The van der Waals surface area contributed by atoms with Gasteiger partial charge in [-0.1, -0.05) is 30.3 Å². The molecule has 0 aliphatic rings. The maximum atomic E-state index is 12.9. The Bertz CT molecular complexity index is 407. The van der Waals surface area contributed by atoms with Crippen molar-refractivity contribution in [1.29, 1.82) is 0 Å². The van der Waals surface area contributed by atoms with Crippen LogP contribution in [-0.4, -0.2) is 28.5 Å². The lowest BCUT2D eigenvalue weighted by Gasteiger charge is -2.34. The van der Waals surface area contributed by atoms with Gasteiger partial charge in [-0.25, -0.2) is 4.79 Å². The lowest BCUT2D eigenvalue weighted by molar-refractivity contribution is -0.221. The van der Waals surface area contributed by atoms with E-state index in [4.69, 9.17) is 10.8 Å². The minimum Gasteiger partial charge on any atom is -0.479 e. The molecular formula is C10H10F3NO3. The summed E-state index contributed by atoms with van der Waals surface area (Å²) in [5, 5.41) is 17.7. The Balaban J connectivity index is 3.36. The number of carboxylic acids is 1. The number of rotatable bonds is 3.